The minimum Gasteiger partial charge on any atom is -0.389 e. The van der Waals surface area contributed by atoms with Crippen molar-refractivity contribution in [3.63, 3.8) is 0 Å². The van der Waals surface area contributed by atoms with Crippen LogP contribution in [-0.4, -0.2) is 40.3 Å². The minimum atomic E-state index is -0.751. The zero-order valence-corrected chi connectivity index (χ0v) is 11.1. The molecule has 1 aromatic carbocycles. The van der Waals surface area contributed by atoms with Gasteiger partial charge in [0.15, 0.2) is 0 Å². The molecule has 0 aliphatic heterocycles. The van der Waals surface area contributed by atoms with Crippen molar-refractivity contribution >= 4 is 0 Å². The zero-order chi connectivity index (χ0) is 13.1. The lowest BCUT2D eigenvalue weighted by Gasteiger charge is -2.33. The molecule has 2 atom stereocenters. The van der Waals surface area contributed by atoms with Gasteiger partial charge in [-0.25, -0.2) is 0 Å². The van der Waals surface area contributed by atoms with Crippen LogP contribution in [0, 0.1) is 0 Å². The van der Waals surface area contributed by atoms with Crippen molar-refractivity contribution in [3.8, 4) is 0 Å². The van der Waals surface area contributed by atoms with Crippen LogP contribution in [0.4, 0.5) is 0 Å². The van der Waals surface area contributed by atoms with Crippen LogP contribution in [0.15, 0.2) is 30.3 Å². The Labute approximate surface area is 104 Å². The summed E-state index contributed by atoms with van der Waals surface area (Å²) in [4.78, 5) is 1.97. The molecule has 0 amide bonds. The van der Waals surface area contributed by atoms with Gasteiger partial charge in [-0.3, -0.25) is 4.90 Å². The predicted octanol–water partition coefficient (Wildman–Crippen LogP) is 1.81. The molecule has 0 aliphatic rings. The van der Waals surface area contributed by atoms with Crippen LogP contribution in [0.2, 0.25) is 0 Å². The van der Waals surface area contributed by atoms with Crippen molar-refractivity contribution in [2.45, 2.75) is 38.5 Å². The first kappa shape index (κ1) is 14.2. The van der Waals surface area contributed by atoms with E-state index in [2.05, 4.69) is 0 Å². The van der Waals surface area contributed by atoms with Gasteiger partial charge in [0.2, 0.25) is 0 Å². The fourth-order valence-electron chi connectivity index (χ4n) is 1.92. The largest absolute Gasteiger partial charge is 0.389 e. The summed E-state index contributed by atoms with van der Waals surface area (Å²) >= 11 is 0. The highest BCUT2D eigenvalue weighted by atomic mass is 16.3. The Morgan fingerprint density at radius 1 is 1.24 bits per heavy atom. The maximum Gasteiger partial charge on any atom is 0.0942 e. The number of aliphatic hydroxyl groups excluding tert-OH is 1. The van der Waals surface area contributed by atoms with E-state index in [-0.39, 0.29) is 6.04 Å². The fraction of sp³-hybridized carbons (Fsp3) is 0.571. The van der Waals surface area contributed by atoms with E-state index in [4.69, 9.17) is 0 Å². The average molecular weight is 237 g/mol. The highest BCUT2D eigenvalue weighted by Crippen LogP contribution is 2.20. The summed E-state index contributed by atoms with van der Waals surface area (Å²) in [5.74, 6) is 0. The molecule has 17 heavy (non-hydrogen) atoms. The quantitative estimate of drug-likeness (QED) is 0.821. The number of aliphatic hydroxyl groups is 2. The Hall–Kier alpha value is -0.900. The van der Waals surface area contributed by atoms with Gasteiger partial charge in [-0.1, -0.05) is 30.3 Å². The van der Waals surface area contributed by atoms with E-state index >= 15 is 0 Å². The van der Waals surface area contributed by atoms with Crippen LogP contribution in [0.25, 0.3) is 0 Å². The van der Waals surface area contributed by atoms with Crippen molar-refractivity contribution < 1.29 is 10.2 Å². The predicted molar refractivity (Wildman–Crippen MR) is 69.8 cm³/mol. The van der Waals surface area contributed by atoms with Crippen LogP contribution in [0.5, 0.6) is 0 Å². The molecule has 1 rings (SSSR count). The molecule has 0 radical (unpaired) electrons. The van der Waals surface area contributed by atoms with Crippen LogP contribution in [0.3, 0.4) is 0 Å². The summed E-state index contributed by atoms with van der Waals surface area (Å²) in [5.41, 5.74) is 0.155. The normalized spacial score (nSPS) is 15.9. The molecular weight excluding hydrogens is 214 g/mol. The molecule has 0 saturated carbocycles. The average Bonchev–Trinajstić information content (AvgIpc) is 2.26. The van der Waals surface area contributed by atoms with Crippen molar-refractivity contribution in [3.05, 3.63) is 35.9 Å². The first-order chi connectivity index (χ1) is 7.81. The Morgan fingerprint density at radius 3 is 2.24 bits per heavy atom. The third-order valence-electron chi connectivity index (χ3n) is 2.93. The fourth-order valence-corrected chi connectivity index (χ4v) is 1.92. The summed E-state index contributed by atoms with van der Waals surface area (Å²) in [5, 5.41) is 20.0. The van der Waals surface area contributed by atoms with Gasteiger partial charge in [-0.05, 0) is 33.4 Å². The van der Waals surface area contributed by atoms with Crippen molar-refractivity contribution in [1.82, 2.24) is 4.90 Å². The summed E-state index contributed by atoms with van der Waals surface area (Å²) in [6, 6.07) is 9.56. The number of hydrogen-bond donors (Lipinski definition) is 2. The number of benzene rings is 1. The topological polar surface area (TPSA) is 43.7 Å². The van der Waals surface area contributed by atoms with E-state index in [0.717, 1.165) is 5.56 Å². The smallest absolute Gasteiger partial charge is 0.0942 e. The summed E-state index contributed by atoms with van der Waals surface area (Å²) in [6.45, 7) is 6.03. The van der Waals surface area contributed by atoms with E-state index in [0.29, 0.717) is 6.54 Å². The minimum absolute atomic E-state index is 0.0381. The van der Waals surface area contributed by atoms with Crippen LogP contribution < -0.4 is 0 Å². The van der Waals surface area contributed by atoms with Gasteiger partial charge < -0.3 is 10.2 Å². The lowest BCUT2D eigenvalue weighted by atomic mass is 10.0. The van der Waals surface area contributed by atoms with Crippen LogP contribution in [0.1, 0.15) is 32.4 Å². The second kappa shape index (κ2) is 5.63. The third kappa shape index (κ3) is 4.46. The Kier molecular flexibility index (Phi) is 4.69. The molecular formula is C14H23NO2. The molecule has 0 fully saturated rings. The lowest BCUT2D eigenvalue weighted by Crippen LogP contribution is -2.43. The van der Waals surface area contributed by atoms with E-state index in [1.165, 1.54) is 0 Å². The first-order valence-electron chi connectivity index (χ1n) is 5.97. The zero-order valence-electron chi connectivity index (χ0n) is 11.1. The number of hydrogen-bond acceptors (Lipinski definition) is 3. The van der Waals surface area contributed by atoms with E-state index in [1.807, 2.05) is 49.2 Å². The van der Waals surface area contributed by atoms with Crippen molar-refractivity contribution in [1.29, 1.82) is 0 Å². The van der Waals surface area contributed by atoms with Gasteiger partial charge in [0, 0.05) is 12.6 Å². The molecule has 0 aliphatic carbocycles. The Balaban J connectivity index is 2.67. The monoisotopic (exact) mass is 237 g/mol. The highest BCUT2D eigenvalue weighted by Gasteiger charge is 2.24. The van der Waals surface area contributed by atoms with Gasteiger partial charge in [0.1, 0.15) is 0 Å². The second-order valence-corrected chi connectivity index (χ2v) is 5.32. The van der Waals surface area contributed by atoms with Gasteiger partial charge in [-0.15, -0.1) is 0 Å². The molecule has 3 nitrogen and oxygen atoms in total. The Morgan fingerprint density at radius 2 is 1.76 bits per heavy atom. The maximum atomic E-state index is 10.2. The Bertz CT molecular complexity index is 332. The summed E-state index contributed by atoms with van der Waals surface area (Å²) in [7, 11) is 1.91. The van der Waals surface area contributed by atoms with Gasteiger partial charge in [0.25, 0.3) is 0 Å². The third-order valence-corrected chi connectivity index (χ3v) is 2.93. The van der Waals surface area contributed by atoms with Gasteiger partial charge in [0.05, 0.1) is 11.7 Å². The van der Waals surface area contributed by atoms with Gasteiger partial charge in [-0.2, -0.15) is 0 Å². The number of likely N-dealkylation sites (N-methyl/N-ethyl adjacent to an activating group) is 1. The van der Waals surface area contributed by atoms with Crippen LogP contribution >= 0.6 is 0 Å². The molecule has 0 bridgehead atoms. The lowest BCUT2D eigenvalue weighted by molar-refractivity contribution is 0.00335. The molecule has 0 saturated heterocycles. The van der Waals surface area contributed by atoms with Crippen molar-refractivity contribution in [2.75, 3.05) is 13.6 Å². The molecule has 1 aromatic rings. The molecule has 0 unspecified atom stereocenters. The first-order valence-corrected chi connectivity index (χ1v) is 5.97. The van der Waals surface area contributed by atoms with E-state index < -0.39 is 11.7 Å². The summed E-state index contributed by atoms with van der Waals surface area (Å²) < 4.78 is 0. The molecule has 0 spiro atoms. The standard InChI is InChI=1S/C14H23NO2/c1-11(15(4)10-14(2,3)17)13(16)12-8-6-5-7-9-12/h5-9,11,13,16-17H,10H2,1-4H3/t11-,13-/m0/s1. The SMILES string of the molecule is C[C@@H]([C@H](O)c1ccccc1)N(C)CC(C)(C)O. The summed E-state index contributed by atoms with van der Waals surface area (Å²) in [6.07, 6.45) is -0.538. The maximum absolute atomic E-state index is 10.2. The second-order valence-electron chi connectivity index (χ2n) is 5.32. The van der Waals surface area contributed by atoms with Crippen LogP contribution in [-0.2, 0) is 0 Å². The van der Waals surface area contributed by atoms with Gasteiger partial charge >= 0.3 is 0 Å². The van der Waals surface area contributed by atoms with E-state index in [9.17, 15) is 10.2 Å². The number of nitrogens with zero attached hydrogens (tertiary/aromatic N) is 1. The highest BCUT2D eigenvalue weighted by molar-refractivity contribution is 5.18. The van der Waals surface area contributed by atoms with Crippen molar-refractivity contribution in [2.24, 2.45) is 0 Å². The molecule has 0 aromatic heterocycles. The molecule has 96 valence electrons. The molecule has 0 heterocycles. The number of rotatable bonds is 5. The molecule has 2 N–H and O–H groups in total. The van der Waals surface area contributed by atoms with E-state index in [1.54, 1.807) is 13.8 Å². The molecule has 3 heteroatoms.